The number of thiophene rings is 1. The van der Waals surface area contributed by atoms with Crippen molar-refractivity contribution >= 4 is 39.2 Å². The van der Waals surface area contributed by atoms with Gasteiger partial charge in [-0.05, 0) is 38.2 Å². The lowest BCUT2D eigenvalue weighted by Gasteiger charge is -2.17. The number of fused-ring (bicyclic) bond motifs is 3. The van der Waals surface area contributed by atoms with E-state index in [1.54, 1.807) is 48.6 Å². The van der Waals surface area contributed by atoms with Gasteiger partial charge in [-0.15, -0.1) is 11.3 Å². The molecule has 1 aromatic carbocycles. The Balaban J connectivity index is 1.29. The van der Waals surface area contributed by atoms with E-state index in [1.165, 1.54) is 4.88 Å². The zero-order valence-corrected chi connectivity index (χ0v) is 19.9. The van der Waals surface area contributed by atoms with Crippen LogP contribution in [0.15, 0.2) is 45.7 Å². The van der Waals surface area contributed by atoms with Gasteiger partial charge in [0.2, 0.25) is 6.10 Å². The van der Waals surface area contributed by atoms with E-state index in [0.717, 1.165) is 31.2 Å². The number of esters is 1. The SMILES string of the molecule is Cc1cc(NC(=O)C(OC(=O)CCc2nc3sc4c(c3c(=O)[nH]2)CCCC4)c2ccccc2)no1. The van der Waals surface area contributed by atoms with Crippen molar-refractivity contribution in [1.82, 2.24) is 15.1 Å². The second kappa shape index (κ2) is 9.83. The summed E-state index contributed by atoms with van der Waals surface area (Å²) in [5.41, 5.74) is 1.48. The first-order valence-corrected chi connectivity index (χ1v) is 12.3. The van der Waals surface area contributed by atoms with Gasteiger partial charge in [-0.25, -0.2) is 4.98 Å². The Morgan fingerprint density at radius 1 is 1.23 bits per heavy atom. The Morgan fingerprint density at radius 3 is 2.80 bits per heavy atom. The summed E-state index contributed by atoms with van der Waals surface area (Å²) >= 11 is 1.56. The molecule has 4 aromatic rings. The van der Waals surface area contributed by atoms with Crippen LogP contribution in [0.4, 0.5) is 5.82 Å². The maximum absolute atomic E-state index is 12.9. The van der Waals surface area contributed by atoms with Gasteiger partial charge in [-0.2, -0.15) is 0 Å². The van der Waals surface area contributed by atoms with Crippen LogP contribution in [0.1, 0.15) is 53.0 Å². The fraction of sp³-hybridized carbons (Fsp3) is 0.320. The molecule has 180 valence electrons. The van der Waals surface area contributed by atoms with E-state index < -0.39 is 18.0 Å². The van der Waals surface area contributed by atoms with Gasteiger partial charge in [0.25, 0.3) is 11.5 Å². The summed E-state index contributed by atoms with van der Waals surface area (Å²) in [6.45, 7) is 1.71. The summed E-state index contributed by atoms with van der Waals surface area (Å²) in [5, 5.41) is 7.05. The molecule has 2 N–H and O–H groups in total. The van der Waals surface area contributed by atoms with Crippen molar-refractivity contribution in [3.8, 4) is 0 Å². The third kappa shape index (κ3) is 5.02. The predicted octanol–water partition coefficient (Wildman–Crippen LogP) is 4.02. The van der Waals surface area contributed by atoms with Gasteiger partial charge in [-0.1, -0.05) is 35.5 Å². The molecule has 0 bridgehead atoms. The van der Waals surface area contributed by atoms with Gasteiger partial charge in [0.15, 0.2) is 5.82 Å². The standard InChI is InChI=1S/C25H24N4O5S/c1-14-13-19(29-34-14)27-24(32)22(15-7-3-2-4-8-15)33-20(30)12-11-18-26-23(31)21-16-9-5-6-10-17(16)35-25(21)28-18/h2-4,7-8,13,22H,5-6,9-12H2,1H3,(H,26,28,31)(H,27,29,32). The Hall–Kier alpha value is -3.79. The van der Waals surface area contributed by atoms with E-state index in [-0.39, 0.29) is 24.2 Å². The summed E-state index contributed by atoms with van der Waals surface area (Å²) in [7, 11) is 0. The zero-order valence-electron chi connectivity index (χ0n) is 19.1. The Labute approximate surface area is 204 Å². The monoisotopic (exact) mass is 492 g/mol. The number of rotatable bonds is 7. The minimum atomic E-state index is -1.17. The number of hydrogen-bond donors (Lipinski definition) is 2. The molecule has 0 radical (unpaired) electrons. The number of H-pyrrole nitrogens is 1. The second-order valence-electron chi connectivity index (χ2n) is 8.50. The maximum Gasteiger partial charge on any atom is 0.307 e. The Morgan fingerprint density at radius 2 is 2.03 bits per heavy atom. The highest BCUT2D eigenvalue weighted by atomic mass is 32.1. The molecular weight excluding hydrogens is 468 g/mol. The molecule has 1 aliphatic rings. The highest BCUT2D eigenvalue weighted by molar-refractivity contribution is 7.18. The minimum Gasteiger partial charge on any atom is -0.447 e. The van der Waals surface area contributed by atoms with Crippen LogP contribution in [0.5, 0.6) is 0 Å². The van der Waals surface area contributed by atoms with Gasteiger partial charge < -0.3 is 19.6 Å². The number of amides is 1. The van der Waals surface area contributed by atoms with Crippen LogP contribution >= 0.6 is 11.3 Å². The van der Waals surface area contributed by atoms with Gasteiger partial charge in [0, 0.05) is 22.9 Å². The number of nitrogens with one attached hydrogen (secondary N) is 2. The van der Waals surface area contributed by atoms with Crippen molar-refractivity contribution in [3.63, 3.8) is 0 Å². The number of aryl methyl sites for hydroxylation is 4. The van der Waals surface area contributed by atoms with Gasteiger partial charge in [0.05, 0.1) is 11.8 Å². The molecule has 1 amide bonds. The quantitative estimate of drug-likeness (QED) is 0.373. The summed E-state index contributed by atoms with van der Waals surface area (Å²) in [6, 6.07) is 10.3. The van der Waals surface area contributed by atoms with E-state index in [4.69, 9.17) is 9.26 Å². The van der Waals surface area contributed by atoms with Gasteiger partial charge in [0.1, 0.15) is 16.4 Å². The molecule has 5 rings (SSSR count). The first-order valence-electron chi connectivity index (χ1n) is 11.5. The van der Waals surface area contributed by atoms with Gasteiger partial charge in [-0.3, -0.25) is 14.4 Å². The second-order valence-corrected chi connectivity index (χ2v) is 9.58. The van der Waals surface area contributed by atoms with Crippen LogP contribution in [0.2, 0.25) is 0 Å². The lowest BCUT2D eigenvalue weighted by atomic mass is 9.97. The van der Waals surface area contributed by atoms with Crippen molar-refractivity contribution < 1.29 is 18.8 Å². The zero-order chi connectivity index (χ0) is 24.4. The molecule has 3 heterocycles. The number of ether oxygens (including phenoxy) is 1. The number of anilines is 1. The number of aromatic nitrogens is 3. The fourth-order valence-corrected chi connectivity index (χ4v) is 5.54. The fourth-order valence-electron chi connectivity index (χ4n) is 4.26. The van der Waals surface area contributed by atoms with Crippen molar-refractivity contribution in [2.24, 2.45) is 0 Å². The molecule has 35 heavy (non-hydrogen) atoms. The van der Waals surface area contributed by atoms with Gasteiger partial charge >= 0.3 is 5.97 Å². The molecular formula is C25H24N4O5S. The number of benzene rings is 1. The van der Waals surface area contributed by atoms with Crippen LogP contribution in [0.3, 0.4) is 0 Å². The van der Waals surface area contributed by atoms with E-state index in [0.29, 0.717) is 27.4 Å². The smallest absolute Gasteiger partial charge is 0.307 e. The highest BCUT2D eigenvalue weighted by Crippen LogP contribution is 2.33. The molecule has 3 aromatic heterocycles. The van der Waals surface area contributed by atoms with Crippen LogP contribution in [-0.2, 0) is 33.6 Å². The number of carbonyl (C=O) groups excluding carboxylic acids is 2. The first kappa shape index (κ1) is 23.0. The molecule has 1 atom stereocenters. The third-order valence-corrected chi connectivity index (χ3v) is 7.09. The third-order valence-electron chi connectivity index (χ3n) is 5.91. The van der Waals surface area contributed by atoms with E-state index in [1.807, 2.05) is 6.07 Å². The minimum absolute atomic E-state index is 0.0424. The lowest BCUT2D eigenvalue weighted by Crippen LogP contribution is -2.26. The summed E-state index contributed by atoms with van der Waals surface area (Å²) < 4.78 is 10.5. The summed E-state index contributed by atoms with van der Waals surface area (Å²) in [4.78, 5) is 47.7. The molecule has 0 fully saturated rings. The molecule has 10 heteroatoms. The largest absolute Gasteiger partial charge is 0.447 e. The summed E-state index contributed by atoms with van der Waals surface area (Å²) in [6.07, 6.45) is 3.08. The number of aromatic amines is 1. The highest BCUT2D eigenvalue weighted by Gasteiger charge is 2.26. The summed E-state index contributed by atoms with van der Waals surface area (Å²) in [5.74, 6) is 0.0715. The van der Waals surface area contributed by atoms with Crippen LogP contribution in [-0.4, -0.2) is 27.0 Å². The van der Waals surface area contributed by atoms with E-state index in [2.05, 4.69) is 20.4 Å². The lowest BCUT2D eigenvalue weighted by molar-refractivity contribution is -0.154. The van der Waals surface area contributed by atoms with Crippen molar-refractivity contribution in [1.29, 1.82) is 0 Å². The molecule has 0 saturated heterocycles. The first-order chi connectivity index (χ1) is 17.0. The van der Waals surface area contributed by atoms with Crippen LogP contribution in [0.25, 0.3) is 10.2 Å². The Bertz CT molecular complexity index is 1440. The van der Waals surface area contributed by atoms with Crippen molar-refractivity contribution in [3.05, 3.63) is 74.3 Å². The van der Waals surface area contributed by atoms with Crippen molar-refractivity contribution in [2.75, 3.05) is 5.32 Å². The van der Waals surface area contributed by atoms with E-state index in [9.17, 15) is 14.4 Å². The molecule has 1 unspecified atom stereocenters. The topological polar surface area (TPSA) is 127 Å². The average Bonchev–Trinajstić information content (AvgIpc) is 3.44. The van der Waals surface area contributed by atoms with Crippen molar-refractivity contribution in [2.45, 2.75) is 51.6 Å². The van der Waals surface area contributed by atoms with Crippen LogP contribution < -0.4 is 10.9 Å². The molecule has 0 aliphatic heterocycles. The Kier molecular flexibility index (Phi) is 6.45. The van der Waals surface area contributed by atoms with E-state index >= 15 is 0 Å². The maximum atomic E-state index is 12.9. The number of carbonyl (C=O) groups is 2. The molecule has 1 aliphatic carbocycles. The molecule has 0 spiro atoms. The molecule has 9 nitrogen and oxygen atoms in total. The predicted molar refractivity (Wildman–Crippen MR) is 130 cm³/mol. The number of hydrogen-bond acceptors (Lipinski definition) is 8. The average molecular weight is 493 g/mol. The normalized spacial score (nSPS) is 13.9. The molecule has 0 saturated carbocycles. The number of nitrogens with zero attached hydrogens (tertiary/aromatic N) is 2. The van der Waals surface area contributed by atoms with Crippen LogP contribution in [0, 0.1) is 6.92 Å².